The van der Waals surface area contributed by atoms with Gasteiger partial charge in [-0.05, 0) is 39.8 Å². The molecule has 0 heterocycles. The molecule has 4 heteroatoms. The lowest BCUT2D eigenvalue weighted by atomic mass is 9.83. The van der Waals surface area contributed by atoms with Gasteiger partial charge in [-0.1, -0.05) is 17.6 Å². The van der Waals surface area contributed by atoms with E-state index in [1.54, 1.807) is 39.8 Å². The first-order valence-electron chi connectivity index (χ1n) is 5.21. The second-order valence-corrected chi connectivity index (χ2v) is 4.86. The van der Waals surface area contributed by atoms with Gasteiger partial charge in [0.05, 0.1) is 11.2 Å². The van der Waals surface area contributed by atoms with Crippen molar-refractivity contribution in [3.63, 3.8) is 0 Å². The van der Waals surface area contributed by atoms with Crippen molar-refractivity contribution >= 4 is 12.9 Å². The van der Waals surface area contributed by atoms with E-state index in [-0.39, 0.29) is 5.82 Å². The lowest BCUT2D eigenvalue weighted by Crippen LogP contribution is -2.49. The van der Waals surface area contributed by atoms with Crippen LogP contribution in [-0.4, -0.2) is 23.8 Å². The van der Waals surface area contributed by atoms with Crippen molar-refractivity contribution in [1.29, 1.82) is 0 Å². The summed E-state index contributed by atoms with van der Waals surface area (Å²) in [6, 6.07) is 5.98. The summed E-state index contributed by atoms with van der Waals surface area (Å²) in [6.07, 6.45) is 0. The molecule has 16 heavy (non-hydrogen) atoms. The predicted molar refractivity (Wildman–Crippen MR) is 63.2 cm³/mol. The van der Waals surface area contributed by atoms with Gasteiger partial charge in [0.15, 0.2) is 0 Å². The average Bonchev–Trinajstić information content (AvgIpc) is 2.15. The van der Waals surface area contributed by atoms with E-state index in [4.69, 9.17) is 4.65 Å². The Morgan fingerprint density at radius 1 is 1.12 bits per heavy atom. The molecule has 1 aromatic rings. The molecule has 0 unspecified atom stereocenters. The molecule has 0 aliphatic heterocycles. The highest BCUT2D eigenvalue weighted by atomic mass is 19.1. The fourth-order valence-electron chi connectivity index (χ4n) is 0.901. The molecule has 0 aliphatic carbocycles. The Labute approximate surface area is 96.7 Å². The fraction of sp³-hybridized carbons (Fsp3) is 0.500. The van der Waals surface area contributed by atoms with Crippen LogP contribution >= 0.6 is 0 Å². The minimum atomic E-state index is -0.955. The van der Waals surface area contributed by atoms with Gasteiger partial charge in [-0.25, -0.2) is 4.39 Å². The number of halogens is 1. The van der Waals surface area contributed by atoms with Crippen LogP contribution in [0.4, 0.5) is 4.39 Å². The molecule has 87 valence electrons. The normalized spacial score (nSPS) is 12.6. The topological polar surface area (TPSA) is 29.5 Å². The molecule has 0 spiro atoms. The van der Waals surface area contributed by atoms with Gasteiger partial charge >= 0.3 is 7.48 Å². The summed E-state index contributed by atoms with van der Waals surface area (Å²) in [4.78, 5) is 0. The van der Waals surface area contributed by atoms with E-state index >= 15 is 0 Å². The maximum Gasteiger partial charge on any atom is 0.330 e. The van der Waals surface area contributed by atoms with Gasteiger partial charge < -0.3 is 9.76 Å². The third kappa shape index (κ3) is 3.32. The van der Waals surface area contributed by atoms with Gasteiger partial charge in [0, 0.05) is 0 Å². The van der Waals surface area contributed by atoms with E-state index in [0.717, 1.165) is 5.46 Å². The Bertz CT molecular complexity index is 341. The van der Waals surface area contributed by atoms with Crippen LogP contribution in [0.5, 0.6) is 0 Å². The smallest absolute Gasteiger partial charge is 0.330 e. The van der Waals surface area contributed by atoms with Crippen molar-refractivity contribution in [2.75, 3.05) is 0 Å². The lowest BCUT2D eigenvalue weighted by Gasteiger charge is -2.37. The highest BCUT2D eigenvalue weighted by Crippen LogP contribution is 2.24. The molecule has 2 nitrogen and oxygen atoms in total. The van der Waals surface area contributed by atoms with Crippen molar-refractivity contribution < 1.29 is 14.2 Å². The molecule has 1 aromatic carbocycles. The molecule has 0 fully saturated rings. The second kappa shape index (κ2) is 4.56. The van der Waals surface area contributed by atoms with Crippen LogP contribution in [0.25, 0.3) is 0 Å². The van der Waals surface area contributed by atoms with Gasteiger partial charge in [-0.2, -0.15) is 0 Å². The second-order valence-electron chi connectivity index (χ2n) is 4.86. The Balaban J connectivity index is 2.61. The Morgan fingerprint density at radius 2 is 1.62 bits per heavy atom. The molecule has 0 atom stereocenters. The standard InChI is InChI=1S/C12H17BFO2/c1-11(2,15)12(3,4)16-13-9-5-7-10(14)8-6-9/h5-8,15H,1-4H3. The van der Waals surface area contributed by atoms with Crippen LogP contribution in [0.15, 0.2) is 24.3 Å². The third-order valence-electron chi connectivity index (χ3n) is 2.83. The van der Waals surface area contributed by atoms with Crippen molar-refractivity contribution in [2.45, 2.75) is 38.9 Å². The summed E-state index contributed by atoms with van der Waals surface area (Å²) in [5, 5.41) is 9.86. The van der Waals surface area contributed by atoms with Crippen molar-refractivity contribution in [1.82, 2.24) is 0 Å². The van der Waals surface area contributed by atoms with Crippen molar-refractivity contribution in [3.05, 3.63) is 30.1 Å². The van der Waals surface area contributed by atoms with E-state index in [1.165, 1.54) is 19.6 Å². The third-order valence-corrected chi connectivity index (χ3v) is 2.83. The van der Waals surface area contributed by atoms with Gasteiger partial charge in [0.25, 0.3) is 0 Å². The van der Waals surface area contributed by atoms with Crippen molar-refractivity contribution in [2.24, 2.45) is 0 Å². The fourth-order valence-corrected chi connectivity index (χ4v) is 0.901. The summed E-state index contributed by atoms with van der Waals surface area (Å²) < 4.78 is 18.2. The van der Waals surface area contributed by atoms with E-state index in [1.807, 2.05) is 0 Å². The number of benzene rings is 1. The van der Waals surface area contributed by atoms with Crippen LogP contribution in [0.1, 0.15) is 27.7 Å². The van der Waals surface area contributed by atoms with Gasteiger partial charge in [-0.3, -0.25) is 0 Å². The highest BCUT2D eigenvalue weighted by Gasteiger charge is 2.35. The number of aliphatic hydroxyl groups is 1. The number of hydrogen-bond acceptors (Lipinski definition) is 2. The monoisotopic (exact) mass is 223 g/mol. The number of rotatable bonds is 4. The molecule has 0 bridgehead atoms. The first-order chi connectivity index (χ1) is 7.22. The van der Waals surface area contributed by atoms with Gasteiger partial charge in [-0.15, -0.1) is 0 Å². The zero-order valence-electron chi connectivity index (χ0n) is 10.1. The maximum absolute atomic E-state index is 12.7. The summed E-state index contributed by atoms with van der Waals surface area (Å²) >= 11 is 0. The van der Waals surface area contributed by atoms with E-state index < -0.39 is 11.2 Å². The van der Waals surface area contributed by atoms with E-state index in [2.05, 4.69) is 0 Å². The van der Waals surface area contributed by atoms with Crippen LogP contribution in [0.3, 0.4) is 0 Å². The Kier molecular flexibility index (Phi) is 3.76. The molecule has 0 aliphatic rings. The molecule has 0 aromatic heterocycles. The van der Waals surface area contributed by atoms with E-state index in [9.17, 15) is 9.50 Å². The molecule has 0 amide bonds. The van der Waals surface area contributed by atoms with Gasteiger partial charge in [0.1, 0.15) is 5.82 Å². The molecular weight excluding hydrogens is 206 g/mol. The van der Waals surface area contributed by atoms with Gasteiger partial charge in [0.2, 0.25) is 0 Å². The molecular formula is C12H17BFO2. The molecule has 1 radical (unpaired) electrons. The molecule has 1 rings (SSSR count). The minimum Gasteiger partial charge on any atom is -0.427 e. The highest BCUT2D eigenvalue weighted by molar-refractivity contribution is 6.47. The van der Waals surface area contributed by atoms with Crippen LogP contribution in [0, 0.1) is 5.82 Å². The zero-order chi connectivity index (χ0) is 12.4. The first-order valence-corrected chi connectivity index (χ1v) is 5.21. The van der Waals surface area contributed by atoms with Crippen molar-refractivity contribution in [3.8, 4) is 0 Å². The quantitative estimate of drug-likeness (QED) is 0.786. The SMILES string of the molecule is CC(C)(O)C(C)(C)O[B]c1ccc(F)cc1. The average molecular weight is 223 g/mol. The lowest BCUT2D eigenvalue weighted by molar-refractivity contribution is -0.0893. The van der Waals surface area contributed by atoms with Crippen LogP contribution in [-0.2, 0) is 4.65 Å². The zero-order valence-corrected chi connectivity index (χ0v) is 10.1. The molecule has 0 saturated heterocycles. The first kappa shape index (κ1) is 13.2. The summed E-state index contributed by atoms with van der Waals surface area (Å²) in [5.74, 6) is -0.279. The molecule has 1 N–H and O–H groups in total. The Morgan fingerprint density at radius 3 is 2.06 bits per heavy atom. The molecule has 0 saturated carbocycles. The summed E-state index contributed by atoms with van der Waals surface area (Å²) in [6.45, 7) is 6.97. The summed E-state index contributed by atoms with van der Waals surface area (Å²) in [7, 11) is 1.53. The summed E-state index contributed by atoms with van der Waals surface area (Å²) in [5.41, 5.74) is -0.899. The number of hydrogen-bond donors (Lipinski definition) is 1. The minimum absolute atomic E-state index is 0.279. The largest absolute Gasteiger partial charge is 0.427 e. The van der Waals surface area contributed by atoms with Crippen LogP contribution in [0.2, 0.25) is 0 Å². The van der Waals surface area contributed by atoms with E-state index in [0.29, 0.717) is 0 Å². The maximum atomic E-state index is 12.7. The van der Waals surface area contributed by atoms with Crippen LogP contribution < -0.4 is 5.46 Å². The predicted octanol–water partition coefficient (Wildman–Crippen LogP) is 1.64. The Hall–Kier alpha value is -0.865.